The molecule has 0 aliphatic rings. The van der Waals surface area contributed by atoms with E-state index >= 15 is 0 Å². The Kier molecular flexibility index (Phi) is 5.49. The predicted octanol–water partition coefficient (Wildman–Crippen LogP) is 5.66. The fourth-order valence-corrected chi connectivity index (χ4v) is 3.98. The van der Waals surface area contributed by atoms with Gasteiger partial charge in [-0.05, 0) is 24.3 Å². The summed E-state index contributed by atoms with van der Waals surface area (Å²) in [6, 6.07) is 12.0. The predicted molar refractivity (Wildman–Crippen MR) is 102 cm³/mol. The average molecular weight is 415 g/mol. The average Bonchev–Trinajstić information content (AvgIpc) is 2.93. The Hall–Kier alpha value is -1.79. The number of halogens is 3. The first-order valence-electron chi connectivity index (χ1n) is 7.05. The van der Waals surface area contributed by atoms with E-state index in [0.29, 0.717) is 20.8 Å². The molecule has 4 nitrogen and oxygen atoms in total. The third-order valence-electron chi connectivity index (χ3n) is 3.26. The van der Waals surface area contributed by atoms with Crippen LogP contribution in [0.25, 0.3) is 10.1 Å². The van der Waals surface area contributed by atoms with Crippen LogP contribution in [0.5, 0.6) is 0 Å². The third kappa shape index (κ3) is 4.07. The summed E-state index contributed by atoms with van der Waals surface area (Å²) in [5.74, 6) is -1.17. The molecule has 3 rings (SSSR count). The van der Waals surface area contributed by atoms with E-state index in [1.54, 1.807) is 12.1 Å². The summed E-state index contributed by atoms with van der Waals surface area (Å²) in [5.41, 5.74) is 0.381. The monoisotopic (exact) mass is 413 g/mol. The summed E-state index contributed by atoms with van der Waals surface area (Å²) >= 11 is 19.2. The molecule has 0 aliphatic carbocycles. The van der Waals surface area contributed by atoms with Crippen LogP contribution < -0.4 is 5.32 Å². The van der Waals surface area contributed by atoms with Crippen molar-refractivity contribution in [3.05, 3.63) is 62.4 Å². The van der Waals surface area contributed by atoms with Crippen molar-refractivity contribution < 1.29 is 14.3 Å². The standard InChI is InChI=1S/C17H10Cl3NO3S/c18-9-5-6-12(11(19)7-9)21-14(22)8-24-17(23)16-15(20)10-3-1-2-4-13(10)25-16/h1-7H,8H2,(H,21,22). The number of esters is 1. The molecule has 1 heterocycles. The van der Waals surface area contributed by atoms with Crippen molar-refractivity contribution in [3.63, 3.8) is 0 Å². The lowest BCUT2D eigenvalue weighted by Crippen LogP contribution is -2.20. The summed E-state index contributed by atoms with van der Waals surface area (Å²) in [5, 5.41) is 4.40. The molecule has 0 saturated heterocycles. The number of nitrogens with one attached hydrogen (secondary N) is 1. The fourth-order valence-electron chi connectivity index (χ4n) is 2.12. The lowest BCUT2D eigenvalue weighted by Gasteiger charge is -2.08. The van der Waals surface area contributed by atoms with Crippen LogP contribution in [-0.2, 0) is 9.53 Å². The topological polar surface area (TPSA) is 55.4 Å². The molecule has 0 saturated carbocycles. The largest absolute Gasteiger partial charge is 0.451 e. The van der Waals surface area contributed by atoms with Gasteiger partial charge in [0.25, 0.3) is 5.91 Å². The maximum Gasteiger partial charge on any atom is 0.350 e. The van der Waals surface area contributed by atoms with Gasteiger partial charge in [0.05, 0.1) is 15.7 Å². The molecule has 1 N–H and O–H groups in total. The zero-order valence-corrected chi connectivity index (χ0v) is 15.6. The number of ether oxygens (including phenoxy) is 1. The highest BCUT2D eigenvalue weighted by atomic mass is 35.5. The van der Waals surface area contributed by atoms with E-state index in [1.807, 2.05) is 24.3 Å². The zero-order valence-electron chi connectivity index (χ0n) is 12.5. The van der Waals surface area contributed by atoms with Crippen LogP contribution in [0.15, 0.2) is 42.5 Å². The van der Waals surface area contributed by atoms with Gasteiger partial charge in [0.2, 0.25) is 0 Å². The first-order chi connectivity index (χ1) is 12.0. The van der Waals surface area contributed by atoms with Crippen molar-refractivity contribution in [2.24, 2.45) is 0 Å². The molecular formula is C17H10Cl3NO3S. The Morgan fingerprint density at radius 1 is 1.08 bits per heavy atom. The molecule has 128 valence electrons. The number of carbonyl (C=O) groups excluding carboxylic acids is 2. The quantitative estimate of drug-likeness (QED) is 0.561. The summed E-state index contributed by atoms with van der Waals surface area (Å²) in [7, 11) is 0. The summed E-state index contributed by atoms with van der Waals surface area (Å²) in [6.07, 6.45) is 0. The minimum absolute atomic E-state index is 0.264. The van der Waals surface area contributed by atoms with E-state index in [9.17, 15) is 9.59 Å². The van der Waals surface area contributed by atoms with Gasteiger partial charge in [0, 0.05) is 15.1 Å². The van der Waals surface area contributed by atoms with Gasteiger partial charge in [0.1, 0.15) is 4.88 Å². The van der Waals surface area contributed by atoms with E-state index in [2.05, 4.69) is 5.32 Å². The number of hydrogen-bond donors (Lipinski definition) is 1. The molecule has 3 aromatic rings. The molecule has 0 fully saturated rings. The first kappa shape index (κ1) is 18.0. The summed E-state index contributed by atoms with van der Waals surface area (Å²) in [4.78, 5) is 24.4. The van der Waals surface area contributed by atoms with E-state index in [1.165, 1.54) is 17.4 Å². The van der Waals surface area contributed by atoms with Crippen LogP contribution in [0.4, 0.5) is 5.69 Å². The molecule has 8 heteroatoms. The molecule has 0 aliphatic heterocycles. The Bertz CT molecular complexity index is 971. The highest BCUT2D eigenvalue weighted by Crippen LogP contribution is 2.35. The molecular weight excluding hydrogens is 405 g/mol. The number of anilines is 1. The van der Waals surface area contributed by atoms with Gasteiger partial charge in [-0.1, -0.05) is 53.0 Å². The van der Waals surface area contributed by atoms with Gasteiger partial charge < -0.3 is 10.1 Å². The highest BCUT2D eigenvalue weighted by Gasteiger charge is 2.19. The van der Waals surface area contributed by atoms with E-state index in [0.717, 1.165) is 10.1 Å². The van der Waals surface area contributed by atoms with Crippen molar-refractivity contribution in [3.8, 4) is 0 Å². The molecule has 0 spiro atoms. The van der Waals surface area contributed by atoms with Crippen LogP contribution in [0.1, 0.15) is 9.67 Å². The minimum atomic E-state index is -0.649. The second kappa shape index (κ2) is 7.62. The van der Waals surface area contributed by atoms with Crippen LogP contribution in [0.2, 0.25) is 15.1 Å². The Labute approximate surface area is 162 Å². The van der Waals surface area contributed by atoms with Gasteiger partial charge >= 0.3 is 5.97 Å². The maximum absolute atomic E-state index is 12.2. The number of carbonyl (C=O) groups is 2. The number of fused-ring (bicyclic) bond motifs is 1. The number of benzene rings is 2. The molecule has 25 heavy (non-hydrogen) atoms. The molecule has 2 aromatic carbocycles. The third-order valence-corrected chi connectivity index (χ3v) is 5.46. The normalized spacial score (nSPS) is 10.7. The molecule has 0 radical (unpaired) electrons. The fraction of sp³-hybridized carbons (Fsp3) is 0.0588. The summed E-state index contributed by atoms with van der Waals surface area (Å²) in [6.45, 7) is -0.456. The van der Waals surface area contributed by atoms with E-state index in [-0.39, 0.29) is 4.88 Å². The molecule has 0 atom stereocenters. The van der Waals surface area contributed by atoms with Crippen LogP contribution in [-0.4, -0.2) is 18.5 Å². The van der Waals surface area contributed by atoms with Gasteiger partial charge in [-0.3, -0.25) is 4.79 Å². The number of rotatable bonds is 4. The Balaban J connectivity index is 1.65. The van der Waals surface area contributed by atoms with Crippen molar-refractivity contribution in [2.45, 2.75) is 0 Å². The maximum atomic E-state index is 12.2. The van der Waals surface area contributed by atoms with E-state index < -0.39 is 18.5 Å². The smallest absolute Gasteiger partial charge is 0.350 e. The van der Waals surface area contributed by atoms with Crippen molar-refractivity contribution in [1.29, 1.82) is 0 Å². The number of hydrogen-bond acceptors (Lipinski definition) is 4. The van der Waals surface area contributed by atoms with Gasteiger partial charge in [-0.2, -0.15) is 0 Å². The van der Waals surface area contributed by atoms with Crippen molar-refractivity contribution >= 4 is 73.8 Å². The lowest BCUT2D eigenvalue weighted by molar-refractivity contribution is -0.119. The van der Waals surface area contributed by atoms with Crippen LogP contribution in [0.3, 0.4) is 0 Å². The van der Waals surface area contributed by atoms with Crippen molar-refractivity contribution in [2.75, 3.05) is 11.9 Å². The van der Waals surface area contributed by atoms with E-state index in [4.69, 9.17) is 39.5 Å². The zero-order chi connectivity index (χ0) is 18.0. The van der Waals surface area contributed by atoms with Gasteiger partial charge in [-0.25, -0.2) is 4.79 Å². The van der Waals surface area contributed by atoms with Crippen LogP contribution in [0, 0.1) is 0 Å². The van der Waals surface area contributed by atoms with Gasteiger partial charge in [-0.15, -0.1) is 11.3 Å². The highest BCUT2D eigenvalue weighted by molar-refractivity contribution is 7.21. The van der Waals surface area contributed by atoms with Crippen LogP contribution >= 0.6 is 46.1 Å². The summed E-state index contributed by atoms with van der Waals surface area (Å²) < 4.78 is 5.91. The molecule has 1 amide bonds. The second-order valence-corrected chi connectivity index (χ2v) is 7.26. The number of amides is 1. The Morgan fingerprint density at radius 2 is 1.84 bits per heavy atom. The van der Waals surface area contributed by atoms with Crippen molar-refractivity contribution in [1.82, 2.24) is 0 Å². The first-order valence-corrected chi connectivity index (χ1v) is 9.00. The SMILES string of the molecule is O=C(COC(=O)c1sc2ccccc2c1Cl)Nc1ccc(Cl)cc1Cl. The molecule has 1 aromatic heterocycles. The Morgan fingerprint density at radius 3 is 2.56 bits per heavy atom. The number of thiophene rings is 1. The minimum Gasteiger partial charge on any atom is -0.451 e. The molecule has 0 bridgehead atoms. The lowest BCUT2D eigenvalue weighted by atomic mass is 10.2. The van der Waals surface area contributed by atoms with Gasteiger partial charge in [0.15, 0.2) is 6.61 Å². The second-order valence-electron chi connectivity index (χ2n) is 4.99. The molecule has 0 unspecified atom stereocenters.